The molecule has 0 aliphatic carbocycles. The van der Waals surface area contributed by atoms with Crippen molar-refractivity contribution in [3.63, 3.8) is 0 Å². The molecule has 2 atom stereocenters. The number of nitrogens with one attached hydrogen (secondary N) is 1. The quantitative estimate of drug-likeness (QED) is 0.121. The second kappa shape index (κ2) is 15.0. The topological polar surface area (TPSA) is 100 Å². The molecule has 0 radical (unpaired) electrons. The van der Waals surface area contributed by atoms with E-state index in [2.05, 4.69) is 46.9 Å². The summed E-state index contributed by atoms with van der Waals surface area (Å²) in [4.78, 5) is 7.40. The monoisotopic (exact) mass is 953 g/mol. The van der Waals surface area contributed by atoms with Crippen LogP contribution in [0.2, 0.25) is 0 Å². The van der Waals surface area contributed by atoms with Crippen LogP contribution in [-0.4, -0.2) is 31.5 Å². The number of aliphatic hydroxyl groups is 1. The van der Waals surface area contributed by atoms with Gasteiger partial charge in [0.05, 0.1) is 13.2 Å². The molecule has 0 saturated carbocycles. The van der Waals surface area contributed by atoms with Crippen LogP contribution in [0.5, 0.6) is 0 Å². The number of halogens is 8. The Labute approximate surface area is 292 Å². The number of pyridine rings is 2. The first-order valence-electron chi connectivity index (χ1n) is 13.4. The number of ether oxygens (including phenoxy) is 1. The summed E-state index contributed by atoms with van der Waals surface area (Å²) in [5, 5.41) is 14.8. The third kappa shape index (κ3) is 7.49. The molecule has 1 aliphatic heterocycles. The van der Waals surface area contributed by atoms with Crippen molar-refractivity contribution in [3.8, 4) is 0 Å². The van der Waals surface area contributed by atoms with Gasteiger partial charge in [0.1, 0.15) is 23.0 Å². The van der Waals surface area contributed by atoms with Crippen molar-refractivity contribution in [1.82, 2.24) is 19.7 Å². The van der Waals surface area contributed by atoms with Crippen LogP contribution < -0.4 is 0 Å². The maximum absolute atomic E-state index is 15.3. The summed E-state index contributed by atoms with van der Waals surface area (Å²) in [6.45, 7) is -0.885. The van der Waals surface area contributed by atoms with Crippen LogP contribution in [0.4, 0.5) is 26.3 Å². The van der Waals surface area contributed by atoms with Crippen molar-refractivity contribution in [1.29, 1.82) is 3.91 Å². The summed E-state index contributed by atoms with van der Waals surface area (Å²) in [5.41, 5.74) is -6.63. The van der Waals surface area contributed by atoms with Crippen molar-refractivity contribution in [2.45, 2.75) is 29.6 Å². The van der Waals surface area contributed by atoms with Crippen LogP contribution in [0.15, 0.2) is 113 Å². The Morgan fingerprint density at radius 1 is 0.830 bits per heavy atom. The number of aromatic nitrogens is 4. The summed E-state index contributed by atoms with van der Waals surface area (Å²) in [6.07, 6.45) is 5.27. The molecule has 7 nitrogen and oxygen atoms in total. The van der Waals surface area contributed by atoms with Gasteiger partial charge >= 0.3 is 35.4 Å². The van der Waals surface area contributed by atoms with E-state index in [1.807, 2.05) is 0 Å². The molecule has 1 saturated heterocycles. The molecule has 47 heavy (non-hydrogen) atoms. The summed E-state index contributed by atoms with van der Waals surface area (Å²) < 4.78 is 101. The number of rotatable bonds is 8. The number of hydrogen-bond acceptors (Lipinski definition) is 6. The Kier molecular flexibility index (Phi) is 11.7. The molecule has 2 unspecified atom stereocenters. The minimum atomic E-state index is -3.87. The number of nitrogens with zero attached hydrogens (tertiary/aromatic N) is 4. The predicted octanol–water partition coefficient (Wildman–Crippen LogP) is 8.16. The Morgan fingerprint density at radius 2 is 1.38 bits per heavy atom. The fourth-order valence-electron chi connectivity index (χ4n) is 4.69. The third-order valence-corrected chi connectivity index (χ3v) is 8.07. The van der Waals surface area contributed by atoms with Crippen molar-refractivity contribution >= 4 is 31.9 Å². The zero-order valence-electron chi connectivity index (χ0n) is 23.8. The van der Waals surface area contributed by atoms with Gasteiger partial charge in [0.25, 0.3) is 0 Å². The second-order valence-corrected chi connectivity index (χ2v) is 11.8. The molecule has 16 heteroatoms. The van der Waals surface area contributed by atoms with Crippen molar-refractivity contribution in [2.75, 3.05) is 6.61 Å². The molecule has 6 rings (SSSR count). The maximum atomic E-state index is 15.3. The van der Waals surface area contributed by atoms with E-state index in [0.29, 0.717) is 8.95 Å². The van der Waals surface area contributed by atoms with Gasteiger partial charge in [-0.3, -0.25) is 14.6 Å². The molecule has 1 aliphatic rings. The second-order valence-electron chi connectivity index (χ2n) is 10.0. The molecule has 2 aromatic carbocycles. The number of hydrogen-bond donors (Lipinski definition) is 2. The number of alkyl halides is 4. The molecular weight excluding hydrogens is 932 g/mol. The van der Waals surface area contributed by atoms with Gasteiger partial charge in [0.15, 0.2) is 11.2 Å². The molecule has 2 N–H and O–H groups in total. The van der Waals surface area contributed by atoms with Crippen LogP contribution in [0.3, 0.4) is 0 Å². The van der Waals surface area contributed by atoms with Crippen LogP contribution >= 0.6 is 31.9 Å². The van der Waals surface area contributed by atoms with Gasteiger partial charge in [-0.05, 0) is 74.3 Å². The average molecular weight is 955 g/mol. The Bertz CT molecular complexity index is 1780. The van der Waals surface area contributed by atoms with Crippen molar-refractivity contribution in [3.05, 3.63) is 147 Å². The molecule has 5 aromatic rings. The summed E-state index contributed by atoms with van der Waals surface area (Å²) >= 11 is 7.09. The van der Waals surface area contributed by atoms with E-state index in [1.165, 1.54) is 79.4 Å². The van der Waals surface area contributed by atoms with Crippen LogP contribution in [0.25, 0.3) is 0 Å². The molecular formula is C31H23Br2F6N5O2W. The first-order valence-corrected chi connectivity index (χ1v) is 16.4. The van der Waals surface area contributed by atoms with Crippen LogP contribution in [-0.2, 0) is 54.0 Å². The summed E-state index contributed by atoms with van der Waals surface area (Å²) in [6, 6.07) is 17.0. The van der Waals surface area contributed by atoms with E-state index in [-0.39, 0.29) is 12.2 Å². The zero-order valence-corrected chi connectivity index (χ0v) is 29.9. The first-order chi connectivity index (χ1) is 22.3. The summed E-state index contributed by atoms with van der Waals surface area (Å²) in [5.74, 6) is -8.92. The predicted molar refractivity (Wildman–Crippen MR) is 161 cm³/mol. The van der Waals surface area contributed by atoms with Gasteiger partial charge in [-0.25, -0.2) is 8.78 Å². The van der Waals surface area contributed by atoms with Crippen LogP contribution in [0.1, 0.15) is 22.5 Å². The molecule has 3 aromatic heterocycles. The van der Waals surface area contributed by atoms with Crippen molar-refractivity contribution < 1.29 is 55.8 Å². The molecule has 0 amide bonds. The molecule has 1 fully saturated rings. The van der Waals surface area contributed by atoms with E-state index >= 15 is 8.78 Å². The summed E-state index contributed by atoms with van der Waals surface area (Å²) in [7, 11) is 0. The Hall–Kier alpha value is -3.10. The Morgan fingerprint density at radius 3 is 1.87 bits per heavy atom. The third-order valence-electron chi connectivity index (χ3n) is 7.14. The standard InChI is InChI=1S/C17H13BrF3N3O.C14H9BrF3NO.HN.W/c18-12-6-7-15(22-10-12)17(20,21)16(25,11-24-9-3-8-23-24)13-4-1-2-5-14(13)19;15-9-5-6-12(19-7-9)14(17,18)13(8-20-13)10-3-1-2-4-11(10)16;;/h1-10,25H,11H2;1-7H,8H2;1H;. The van der Waals surface area contributed by atoms with E-state index in [1.54, 1.807) is 0 Å². The van der Waals surface area contributed by atoms with Gasteiger partial charge in [0, 0.05) is 44.9 Å². The van der Waals surface area contributed by atoms with E-state index < -0.39 is 58.2 Å². The van der Waals surface area contributed by atoms with Gasteiger partial charge in [-0.2, -0.15) is 22.7 Å². The minimum absolute atomic E-state index is 0.144. The molecule has 0 bridgehead atoms. The van der Waals surface area contributed by atoms with Crippen molar-refractivity contribution in [2.24, 2.45) is 0 Å². The molecule has 246 valence electrons. The molecule has 4 heterocycles. The fourth-order valence-corrected chi connectivity index (χ4v) is 5.16. The van der Waals surface area contributed by atoms with Gasteiger partial charge < -0.3 is 9.84 Å². The van der Waals surface area contributed by atoms with Crippen LogP contribution in [0, 0.1) is 15.5 Å². The van der Waals surface area contributed by atoms with E-state index in [9.17, 15) is 22.7 Å². The van der Waals surface area contributed by atoms with Gasteiger partial charge in [-0.15, -0.1) is 0 Å². The SMILES string of the molecule is Fc1ccccc1C1(C(F)(F)c2ccc(Br)cn2)CO1.OC(Cn1cccn1)(c1ccccc1F)C(F)(F)c1ccc(Br)cn1.[NH]=[W]. The first kappa shape index (κ1) is 36.7. The average Bonchev–Trinajstić information content (AvgIpc) is 3.73. The normalized spacial score (nSPS) is 17.0. The molecule has 0 spiro atoms. The number of benzene rings is 2. The van der Waals surface area contributed by atoms with Gasteiger partial charge in [0.2, 0.25) is 0 Å². The van der Waals surface area contributed by atoms with E-state index in [4.69, 9.17) is 8.65 Å². The zero-order chi connectivity index (χ0) is 34.5. The fraction of sp³-hybridized carbons (Fsp3) is 0.194. The number of epoxide rings is 1. The van der Waals surface area contributed by atoms with Gasteiger partial charge in [-0.1, -0.05) is 36.4 Å². The van der Waals surface area contributed by atoms with E-state index in [0.717, 1.165) is 48.6 Å². The Balaban J connectivity index is 0.000000206.